The van der Waals surface area contributed by atoms with Crippen molar-refractivity contribution >= 4 is 34.0 Å². The third-order valence-corrected chi connectivity index (χ3v) is 5.13. The van der Waals surface area contributed by atoms with Gasteiger partial charge in [0, 0.05) is 17.1 Å². The van der Waals surface area contributed by atoms with Crippen molar-refractivity contribution in [1.82, 2.24) is 14.5 Å². The zero-order valence-electron chi connectivity index (χ0n) is 16.0. The molecule has 0 aliphatic carbocycles. The molecule has 4 heteroatoms. The first-order valence-electron chi connectivity index (χ1n) is 9.54. The molecule has 0 aliphatic heterocycles. The Kier molecular flexibility index (Phi) is 4.10. The van der Waals surface area contributed by atoms with Gasteiger partial charge >= 0.3 is 0 Å². The fourth-order valence-electron chi connectivity index (χ4n) is 3.60. The maximum Gasteiger partial charge on any atom is 0.266 e. The summed E-state index contributed by atoms with van der Waals surface area (Å²) in [7, 11) is 0. The molecule has 0 amide bonds. The number of benzene rings is 3. The van der Waals surface area contributed by atoms with E-state index in [-0.39, 0.29) is 5.56 Å². The Morgan fingerprint density at radius 3 is 2.41 bits per heavy atom. The minimum absolute atomic E-state index is 0.0713. The third kappa shape index (κ3) is 3.05. The van der Waals surface area contributed by atoms with E-state index in [0.717, 1.165) is 27.7 Å². The number of aromatic nitrogens is 3. The Labute approximate surface area is 167 Å². The van der Waals surface area contributed by atoms with Gasteiger partial charge in [-0.2, -0.15) is 0 Å². The molecule has 2 heterocycles. The number of rotatable bonds is 3. The topological polar surface area (TPSA) is 50.7 Å². The normalized spacial score (nSPS) is 11.6. The molecular formula is C25H19N3O. The van der Waals surface area contributed by atoms with Crippen molar-refractivity contribution < 1.29 is 0 Å². The molecule has 0 saturated carbocycles. The van der Waals surface area contributed by atoms with Crippen LogP contribution >= 0.6 is 0 Å². The molecule has 29 heavy (non-hydrogen) atoms. The Hall–Kier alpha value is -3.92. The predicted octanol–water partition coefficient (Wildman–Crippen LogP) is 5.35. The lowest BCUT2D eigenvalue weighted by molar-refractivity contribution is 0.943. The summed E-state index contributed by atoms with van der Waals surface area (Å²) in [6.45, 7) is 2.03. The molecule has 4 nitrogen and oxygen atoms in total. The van der Waals surface area contributed by atoms with Gasteiger partial charge in [-0.15, -0.1) is 0 Å². The predicted molar refractivity (Wildman–Crippen MR) is 119 cm³/mol. The smallest absolute Gasteiger partial charge is 0.266 e. The number of nitrogens with one attached hydrogen (secondary N) is 1. The molecular weight excluding hydrogens is 358 g/mol. The van der Waals surface area contributed by atoms with E-state index in [1.165, 1.54) is 0 Å². The van der Waals surface area contributed by atoms with E-state index in [9.17, 15) is 4.79 Å². The zero-order chi connectivity index (χ0) is 19.8. The van der Waals surface area contributed by atoms with Crippen LogP contribution in [0.4, 0.5) is 0 Å². The number of nitrogens with zero attached hydrogens (tertiary/aromatic N) is 2. The second kappa shape index (κ2) is 6.91. The van der Waals surface area contributed by atoms with Gasteiger partial charge in [0.05, 0.1) is 16.6 Å². The number of hydrogen-bond acceptors (Lipinski definition) is 2. The van der Waals surface area contributed by atoms with Gasteiger partial charge < -0.3 is 4.98 Å². The standard InChI is InChI=1S/C25H19N3O/c1-17-10-13-19(14-11-17)28-24(27-23-9-5-3-7-21(23)25(28)29)15-12-18-16-26-22-8-4-2-6-20(18)22/h2-16,26H,1H3/b15-12+. The maximum atomic E-state index is 13.3. The molecule has 5 aromatic rings. The summed E-state index contributed by atoms with van der Waals surface area (Å²) in [5, 5.41) is 1.74. The van der Waals surface area contributed by atoms with Crippen LogP contribution < -0.4 is 5.56 Å². The Morgan fingerprint density at radius 2 is 1.59 bits per heavy atom. The summed E-state index contributed by atoms with van der Waals surface area (Å²) in [5.74, 6) is 0.600. The number of fused-ring (bicyclic) bond motifs is 2. The SMILES string of the molecule is Cc1ccc(-n2c(/C=C/c3c[nH]c4ccccc34)nc3ccccc3c2=O)cc1. The van der Waals surface area contributed by atoms with Gasteiger partial charge in [-0.3, -0.25) is 9.36 Å². The minimum atomic E-state index is -0.0713. The number of aromatic amines is 1. The van der Waals surface area contributed by atoms with Gasteiger partial charge in [0.15, 0.2) is 0 Å². The Balaban J connectivity index is 1.72. The summed E-state index contributed by atoms with van der Waals surface area (Å²) in [6, 6.07) is 23.5. The highest BCUT2D eigenvalue weighted by Crippen LogP contribution is 2.21. The van der Waals surface area contributed by atoms with E-state index in [2.05, 4.69) is 11.1 Å². The summed E-state index contributed by atoms with van der Waals surface area (Å²) in [4.78, 5) is 21.3. The molecule has 5 rings (SSSR count). The van der Waals surface area contributed by atoms with Crippen LogP contribution in [-0.2, 0) is 0 Å². The molecule has 0 spiro atoms. The molecule has 0 unspecified atom stereocenters. The highest BCUT2D eigenvalue weighted by molar-refractivity contribution is 5.91. The average molecular weight is 377 g/mol. The monoisotopic (exact) mass is 377 g/mol. The van der Waals surface area contributed by atoms with Crippen molar-refractivity contribution in [2.24, 2.45) is 0 Å². The van der Waals surface area contributed by atoms with Crippen LogP contribution in [0, 0.1) is 6.92 Å². The van der Waals surface area contributed by atoms with Crippen LogP contribution in [0.5, 0.6) is 0 Å². The summed E-state index contributed by atoms with van der Waals surface area (Å²) in [5.41, 5.74) is 4.70. The van der Waals surface area contributed by atoms with Crippen LogP contribution in [0.25, 0.3) is 39.6 Å². The molecule has 3 aromatic carbocycles. The van der Waals surface area contributed by atoms with Crippen molar-refractivity contribution in [3.05, 3.63) is 106 Å². The average Bonchev–Trinajstić information content (AvgIpc) is 3.16. The van der Waals surface area contributed by atoms with Gasteiger partial charge in [-0.25, -0.2) is 4.98 Å². The first-order valence-corrected chi connectivity index (χ1v) is 9.54. The molecule has 1 N–H and O–H groups in total. The van der Waals surface area contributed by atoms with E-state index in [4.69, 9.17) is 4.98 Å². The molecule has 0 atom stereocenters. The molecule has 0 radical (unpaired) electrons. The number of para-hydroxylation sites is 2. The molecule has 0 fully saturated rings. The third-order valence-electron chi connectivity index (χ3n) is 5.13. The lowest BCUT2D eigenvalue weighted by Crippen LogP contribution is -2.22. The minimum Gasteiger partial charge on any atom is -0.361 e. The van der Waals surface area contributed by atoms with Crippen molar-refractivity contribution in [2.75, 3.05) is 0 Å². The lowest BCUT2D eigenvalue weighted by Gasteiger charge is -2.11. The Bertz CT molecular complexity index is 1420. The molecule has 0 bridgehead atoms. The quantitative estimate of drug-likeness (QED) is 0.461. The second-order valence-electron chi connectivity index (χ2n) is 7.09. The molecule has 0 saturated heterocycles. The van der Waals surface area contributed by atoms with Crippen LogP contribution in [0.3, 0.4) is 0 Å². The van der Waals surface area contributed by atoms with Crippen molar-refractivity contribution in [3.8, 4) is 5.69 Å². The van der Waals surface area contributed by atoms with E-state index in [0.29, 0.717) is 16.7 Å². The van der Waals surface area contributed by atoms with Crippen molar-refractivity contribution in [2.45, 2.75) is 6.92 Å². The van der Waals surface area contributed by atoms with Gasteiger partial charge in [-0.05, 0) is 55.0 Å². The highest BCUT2D eigenvalue weighted by atomic mass is 16.1. The molecule has 2 aromatic heterocycles. The van der Waals surface area contributed by atoms with Gasteiger partial charge in [0.25, 0.3) is 5.56 Å². The summed E-state index contributed by atoms with van der Waals surface area (Å²) >= 11 is 0. The van der Waals surface area contributed by atoms with E-state index in [1.807, 2.05) is 92.0 Å². The van der Waals surface area contributed by atoms with E-state index >= 15 is 0 Å². The van der Waals surface area contributed by atoms with E-state index in [1.54, 1.807) is 4.57 Å². The van der Waals surface area contributed by atoms with Crippen LogP contribution in [0.2, 0.25) is 0 Å². The van der Waals surface area contributed by atoms with Crippen LogP contribution in [0.1, 0.15) is 17.0 Å². The first kappa shape index (κ1) is 17.2. The maximum absolute atomic E-state index is 13.3. The first-order chi connectivity index (χ1) is 14.2. The second-order valence-corrected chi connectivity index (χ2v) is 7.09. The zero-order valence-corrected chi connectivity index (χ0v) is 16.0. The van der Waals surface area contributed by atoms with E-state index < -0.39 is 0 Å². The fraction of sp³-hybridized carbons (Fsp3) is 0.0400. The number of hydrogen-bond donors (Lipinski definition) is 1. The molecule has 140 valence electrons. The lowest BCUT2D eigenvalue weighted by atomic mass is 10.1. The van der Waals surface area contributed by atoms with Crippen LogP contribution in [-0.4, -0.2) is 14.5 Å². The van der Waals surface area contributed by atoms with Gasteiger partial charge in [0.2, 0.25) is 0 Å². The Morgan fingerprint density at radius 1 is 0.862 bits per heavy atom. The summed E-state index contributed by atoms with van der Waals surface area (Å²) < 4.78 is 1.67. The summed E-state index contributed by atoms with van der Waals surface area (Å²) in [6.07, 6.45) is 5.87. The van der Waals surface area contributed by atoms with Crippen LogP contribution in [0.15, 0.2) is 83.8 Å². The number of H-pyrrole nitrogens is 1. The number of aryl methyl sites for hydroxylation is 1. The van der Waals surface area contributed by atoms with Gasteiger partial charge in [-0.1, -0.05) is 48.0 Å². The largest absolute Gasteiger partial charge is 0.361 e. The van der Waals surface area contributed by atoms with Gasteiger partial charge in [0.1, 0.15) is 5.82 Å². The molecule has 0 aliphatic rings. The van der Waals surface area contributed by atoms with Crippen molar-refractivity contribution in [1.29, 1.82) is 0 Å². The van der Waals surface area contributed by atoms with Crippen molar-refractivity contribution in [3.63, 3.8) is 0 Å². The fourth-order valence-corrected chi connectivity index (χ4v) is 3.60. The highest BCUT2D eigenvalue weighted by Gasteiger charge is 2.11.